The predicted octanol–water partition coefficient (Wildman–Crippen LogP) is 3.76. The molecule has 1 saturated carbocycles. The van der Waals surface area contributed by atoms with E-state index in [1.165, 1.54) is 6.07 Å². The molecule has 0 aliphatic heterocycles. The van der Waals surface area contributed by atoms with E-state index in [9.17, 15) is 17.6 Å². The van der Waals surface area contributed by atoms with Crippen molar-refractivity contribution in [2.24, 2.45) is 0 Å². The molecule has 1 N–H and O–H groups in total. The van der Waals surface area contributed by atoms with Crippen LogP contribution in [-0.2, 0) is 11.7 Å². The van der Waals surface area contributed by atoms with Crippen LogP contribution in [-0.4, -0.2) is 33.7 Å². The van der Waals surface area contributed by atoms with Gasteiger partial charge in [-0.3, -0.25) is 0 Å². The normalized spacial score (nSPS) is 15.7. The number of anilines is 2. The Morgan fingerprint density at radius 1 is 1.14 bits per heavy atom. The van der Waals surface area contributed by atoms with Crippen molar-refractivity contribution in [2.75, 3.05) is 24.3 Å². The van der Waals surface area contributed by atoms with Gasteiger partial charge in [0, 0.05) is 25.9 Å². The Bertz CT molecular complexity index is 1050. The molecule has 0 amide bonds. The molecule has 1 aromatic carbocycles. The Morgan fingerprint density at radius 2 is 1.86 bits per heavy atom. The number of hydrogen-bond acceptors (Lipinski definition) is 5. The van der Waals surface area contributed by atoms with Gasteiger partial charge in [-0.1, -0.05) is 6.07 Å². The van der Waals surface area contributed by atoms with E-state index in [0.29, 0.717) is 41.6 Å². The Hall–Kier alpha value is -2.91. The number of nitrogens with one attached hydrogen (secondary N) is 1. The minimum Gasteiger partial charge on any atom is -0.360 e. The summed E-state index contributed by atoms with van der Waals surface area (Å²) in [7, 11) is 3.62. The summed E-state index contributed by atoms with van der Waals surface area (Å²) < 4.78 is 54.1. The van der Waals surface area contributed by atoms with Crippen molar-refractivity contribution in [1.29, 1.82) is 0 Å². The summed E-state index contributed by atoms with van der Waals surface area (Å²) in [6, 6.07) is 4.85. The van der Waals surface area contributed by atoms with Gasteiger partial charge in [0.1, 0.15) is 11.6 Å². The van der Waals surface area contributed by atoms with Gasteiger partial charge in [0.15, 0.2) is 0 Å². The SMILES string of the molecule is Cc1cc(NC2(c3ccc(C(F)(F)F)c(F)c3)CC2)n2nc(N(C)C)nc2n1. The van der Waals surface area contributed by atoms with Crippen molar-refractivity contribution >= 4 is 17.5 Å². The van der Waals surface area contributed by atoms with Crippen molar-refractivity contribution in [2.45, 2.75) is 31.5 Å². The summed E-state index contributed by atoms with van der Waals surface area (Å²) in [5.74, 6) is 0.206. The van der Waals surface area contributed by atoms with Crippen molar-refractivity contribution in [1.82, 2.24) is 19.6 Å². The summed E-state index contributed by atoms with van der Waals surface area (Å²) in [4.78, 5) is 10.4. The second-order valence-electron chi connectivity index (χ2n) is 7.20. The van der Waals surface area contributed by atoms with Gasteiger partial charge in [-0.25, -0.2) is 9.37 Å². The van der Waals surface area contributed by atoms with E-state index in [0.717, 1.165) is 12.1 Å². The average molecular weight is 394 g/mol. The van der Waals surface area contributed by atoms with Gasteiger partial charge in [-0.2, -0.15) is 22.7 Å². The lowest BCUT2D eigenvalue weighted by atomic mass is 10.0. The Balaban J connectivity index is 1.72. The Kier molecular flexibility index (Phi) is 3.98. The molecular weight excluding hydrogens is 376 g/mol. The van der Waals surface area contributed by atoms with Gasteiger partial charge in [-0.05, 0) is 37.5 Å². The minimum atomic E-state index is -4.72. The zero-order valence-corrected chi connectivity index (χ0v) is 15.5. The van der Waals surface area contributed by atoms with E-state index >= 15 is 0 Å². The summed E-state index contributed by atoms with van der Waals surface area (Å²) in [5, 5.41) is 7.73. The molecule has 2 heterocycles. The van der Waals surface area contributed by atoms with Crippen LogP contribution < -0.4 is 10.2 Å². The van der Waals surface area contributed by atoms with Gasteiger partial charge in [0.05, 0.1) is 11.1 Å². The van der Waals surface area contributed by atoms with Gasteiger partial charge in [0.25, 0.3) is 5.78 Å². The summed E-state index contributed by atoms with van der Waals surface area (Å²) in [6.45, 7) is 1.81. The van der Waals surface area contributed by atoms with Crippen molar-refractivity contribution in [3.8, 4) is 0 Å². The highest BCUT2D eigenvalue weighted by atomic mass is 19.4. The fourth-order valence-corrected chi connectivity index (χ4v) is 3.15. The molecule has 1 fully saturated rings. The molecule has 0 atom stereocenters. The summed E-state index contributed by atoms with van der Waals surface area (Å²) >= 11 is 0. The third-order valence-corrected chi connectivity index (χ3v) is 4.77. The molecule has 148 valence electrons. The number of fused-ring (bicyclic) bond motifs is 1. The molecular formula is C18H18F4N6. The molecule has 3 aromatic rings. The maximum absolute atomic E-state index is 14.1. The van der Waals surface area contributed by atoms with Crippen LogP contribution in [0.1, 0.15) is 29.7 Å². The predicted molar refractivity (Wildman–Crippen MR) is 95.8 cm³/mol. The lowest BCUT2D eigenvalue weighted by Gasteiger charge is -2.21. The largest absolute Gasteiger partial charge is 0.419 e. The maximum Gasteiger partial charge on any atom is 0.419 e. The lowest BCUT2D eigenvalue weighted by molar-refractivity contribution is -0.140. The number of aryl methyl sites for hydroxylation is 1. The monoisotopic (exact) mass is 394 g/mol. The van der Waals surface area contributed by atoms with Gasteiger partial charge < -0.3 is 10.2 Å². The van der Waals surface area contributed by atoms with Crippen LogP contribution in [0.5, 0.6) is 0 Å². The third kappa shape index (κ3) is 3.12. The second kappa shape index (κ2) is 6.05. The van der Waals surface area contributed by atoms with Gasteiger partial charge in [0.2, 0.25) is 5.95 Å². The van der Waals surface area contributed by atoms with E-state index in [1.54, 1.807) is 15.5 Å². The fraction of sp³-hybridized carbons (Fsp3) is 0.389. The lowest BCUT2D eigenvalue weighted by Crippen LogP contribution is -2.22. The molecule has 1 aliphatic rings. The molecule has 0 saturated heterocycles. The highest BCUT2D eigenvalue weighted by molar-refractivity contribution is 5.53. The number of benzene rings is 1. The van der Waals surface area contributed by atoms with Gasteiger partial charge in [-0.15, -0.1) is 5.10 Å². The second-order valence-corrected chi connectivity index (χ2v) is 7.20. The van der Waals surface area contributed by atoms with E-state index < -0.39 is 23.1 Å². The number of hydrogen-bond donors (Lipinski definition) is 1. The quantitative estimate of drug-likeness (QED) is 0.683. The summed E-state index contributed by atoms with van der Waals surface area (Å²) in [6.07, 6.45) is -3.39. The van der Waals surface area contributed by atoms with Crippen molar-refractivity contribution < 1.29 is 17.6 Å². The zero-order valence-electron chi connectivity index (χ0n) is 15.5. The molecule has 0 bridgehead atoms. The first-order valence-electron chi connectivity index (χ1n) is 8.66. The number of nitrogens with zero attached hydrogens (tertiary/aromatic N) is 5. The number of alkyl halides is 3. The molecule has 2 aromatic heterocycles. The van der Waals surface area contributed by atoms with Crippen molar-refractivity contribution in [3.05, 3.63) is 46.9 Å². The standard InChI is InChI=1S/C18H18F4N6/c1-10-8-14(28-15(23-10)24-16(26-28)27(2)3)25-17(6-7-17)11-4-5-12(13(19)9-11)18(20,21)22/h4-5,8-9,25H,6-7H2,1-3H3. The molecule has 0 unspecified atom stereocenters. The molecule has 0 spiro atoms. The first-order valence-corrected chi connectivity index (χ1v) is 8.66. The highest BCUT2D eigenvalue weighted by Crippen LogP contribution is 2.49. The number of aromatic nitrogens is 4. The molecule has 10 heteroatoms. The van der Waals surface area contributed by atoms with Gasteiger partial charge >= 0.3 is 6.18 Å². The Morgan fingerprint density at radius 3 is 2.43 bits per heavy atom. The zero-order chi connectivity index (χ0) is 20.3. The van der Waals surface area contributed by atoms with E-state index in [1.807, 2.05) is 21.0 Å². The first-order chi connectivity index (χ1) is 13.1. The van der Waals surface area contributed by atoms with Crippen LogP contribution in [0.3, 0.4) is 0 Å². The highest BCUT2D eigenvalue weighted by Gasteiger charge is 2.46. The van der Waals surface area contributed by atoms with Crippen LogP contribution in [0.15, 0.2) is 24.3 Å². The van der Waals surface area contributed by atoms with E-state index in [-0.39, 0.29) is 0 Å². The maximum atomic E-state index is 14.1. The van der Waals surface area contributed by atoms with Crippen LogP contribution in [0.2, 0.25) is 0 Å². The molecule has 4 rings (SSSR count). The van der Waals surface area contributed by atoms with E-state index in [4.69, 9.17) is 0 Å². The van der Waals surface area contributed by atoms with Crippen molar-refractivity contribution in [3.63, 3.8) is 0 Å². The summed E-state index contributed by atoms with van der Waals surface area (Å²) in [5.41, 5.74) is -0.729. The van der Waals surface area contributed by atoms with Crippen LogP contribution >= 0.6 is 0 Å². The smallest absolute Gasteiger partial charge is 0.360 e. The first kappa shape index (κ1) is 18.5. The Labute approximate surface area is 158 Å². The average Bonchev–Trinajstić information content (AvgIpc) is 3.23. The van der Waals surface area contributed by atoms with Crippen LogP contribution in [0, 0.1) is 12.7 Å². The van der Waals surface area contributed by atoms with Crippen LogP contribution in [0.4, 0.5) is 29.3 Å². The molecule has 1 aliphatic carbocycles. The number of rotatable bonds is 4. The van der Waals surface area contributed by atoms with E-state index in [2.05, 4.69) is 20.4 Å². The minimum absolute atomic E-state index is 0.403. The van der Waals surface area contributed by atoms with Crippen LogP contribution in [0.25, 0.3) is 5.78 Å². The fourth-order valence-electron chi connectivity index (χ4n) is 3.15. The topological polar surface area (TPSA) is 58.4 Å². The third-order valence-electron chi connectivity index (χ3n) is 4.77. The molecule has 28 heavy (non-hydrogen) atoms. The molecule has 6 nitrogen and oxygen atoms in total. The molecule has 0 radical (unpaired) electrons. The number of halogens is 4.